The first-order valence-corrected chi connectivity index (χ1v) is 6.67. The minimum atomic E-state index is 0.801. The lowest BCUT2D eigenvalue weighted by Crippen LogP contribution is -1.92. The van der Waals surface area contributed by atoms with Crippen LogP contribution >= 0.6 is 11.6 Å². The number of rotatable bonds is 3. The van der Waals surface area contributed by atoms with E-state index < -0.39 is 0 Å². The Morgan fingerprint density at radius 1 is 0.947 bits per heavy atom. The molecule has 2 heteroatoms. The molecule has 0 aliphatic carbocycles. The van der Waals surface area contributed by atoms with Gasteiger partial charge in [-0.05, 0) is 17.7 Å². The largest absolute Gasteiger partial charge is 0.342 e. The Hall–Kier alpha value is -1.99. The summed E-state index contributed by atoms with van der Waals surface area (Å²) < 4.78 is 2.16. The molecule has 1 nitrogen and oxygen atoms in total. The van der Waals surface area contributed by atoms with Gasteiger partial charge in [-0.1, -0.05) is 66.2 Å². The van der Waals surface area contributed by atoms with Gasteiger partial charge in [-0.25, -0.2) is 0 Å². The van der Waals surface area contributed by atoms with E-state index in [9.17, 15) is 0 Å². The normalized spacial score (nSPS) is 11.4. The van der Waals surface area contributed by atoms with Gasteiger partial charge in [-0.15, -0.1) is 0 Å². The zero-order valence-corrected chi connectivity index (χ0v) is 11.2. The van der Waals surface area contributed by atoms with Gasteiger partial charge in [0.15, 0.2) is 0 Å². The van der Waals surface area contributed by atoms with Crippen LogP contribution in [0, 0.1) is 0 Å². The lowest BCUT2D eigenvalue weighted by atomic mass is 10.2. The Kier molecular flexibility index (Phi) is 3.39. The Balaban J connectivity index is 1.85. The molecule has 3 rings (SSSR count). The quantitative estimate of drug-likeness (QED) is 0.629. The second-order valence-corrected chi connectivity index (χ2v) is 4.87. The van der Waals surface area contributed by atoms with E-state index in [1.54, 1.807) is 0 Å². The van der Waals surface area contributed by atoms with E-state index in [4.69, 9.17) is 11.6 Å². The third kappa shape index (κ3) is 2.56. The Morgan fingerprint density at radius 3 is 2.63 bits per heavy atom. The molecule has 0 saturated carbocycles. The van der Waals surface area contributed by atoms with E-state index in [-0.39, 0.29) is 0 Å². The summed E-state index contributed by atoms with van der Waals surface area (Å²) in [5, 5.41) is 1.98. The van der Waals surface area contributed by atoms with Crippen LogP contribution < -0.4 is 0 Å². The molecule has 1 heterocycles. The molecule has 0 aliphatic rings. The summed E-state index contributed by atoms with van der Waals surface area (Å²) in [6.07, 6.45) is 6.35. The van der Waals surface area contributed by atoms with Crippen LogP contribution in [-0.4, -0.2) is 4.57 Å². The molecule has 0 aliphatic heterocycles. The number of nitrogens with zero attached hydrogens (tertiary/aromatic N) is 1. The minimum absolute atomic E-state index is 0.801. The third-order valence-corrected chi connectivity index (χ3v) is 3.46. The molecule has 0 atom stereocenters. The van der Waals surface area contributed by atoms with Gasteiger partial charge in [0, 0.05) is 18.1 Å². The average Bonchev–Trinajstić information content (AvgIpc) is 2.85. The molecular weight excluding hydrogens is 254 g/mol. The number of para-hydroxylation sites is 1. The van der Waals surface area contributed by atoms with Crippen molar-refractivity contribution in [3.05, 3.63) is 77.5 Å². The average molecular weight is 268 g/mol. The first kappa shape index (κ1) is 12.1. The third-order valence-electron chi connectivity index (χ3n) is 3.15. The maximum atomic E-state index is 6.25. The molecule has 94 valence electrons. The number of benzene rings is 2. The van der Waals surface area contributed by atoms with Crippen LogP contribution in [-0.2, 0) is 6.54 Å². The van der Waals surface area contributed by atoms with Crippen LogP contribution in [0.1, 0.15) is 5.56 Å². The van der Waals surface area contributed by atoms with Crippen molar-refractivity contribution in [2.24, 2.45) is 0 Å². The molecule has 0 spiro atoms. The smallest absolute Gasteiger partial charge is 0.0672 e. The number of halogens is 1. The highest BCUT2D eigenvalue weighted by atomic mass is 35.5. The van der Waals surface area contributed by atoms with E-state index in [0.717, 1.165) is 17.1 Å². The topological polar surface area (TPSA) is 4.93 Å². The first-order chi connectivity index (χ1) is 9.34. The number of aromatic nitrogens is 1. The molecule has 0 bridgehead atoms. The van der Waals surface area contributed by atoms with Crippen molar-refractivity contribution in [3.8, 4) is 0 Å². The molecule has 1 aromatic heterocycles. The molecule has 0 amide bonds. The Labute approximate surface area is 117 Å². The predicted molar refractivity (Wildman–Crippen MR) is 82.4 cm³/mol. The van der Waals surface area contributed by atoms with Crippen molar-refractivity contribution in [2.75, 3.05) is 0 Å². The predicted octanol–water partition coefficient (Wildman–Crippen LogP) is 5.01. The van der Waals surface area contributed by atoms with Crippen LogP contribution in [0.25, 0.3) is 17.0 Å². The molecule has 0 saturated heterocycles. The van der Waals surface area contributed by atoms with E-state index in [1.807, 2.05) is 30.3 Å². The summed E-state index contributed by atoms with van der Waals surface area (Å²) in [5.41, 5.74) is 2.31. The van der Waals surface area contributed by atoms with Gasteiger partial charge < -0.3 is 4.57 Å². The summed E-state index contributed by atoms with van der Waals surface area (Å²) >= 11 is 6.25. The van der Waals surface area contributed by atoms with Crippen LogP contribution in [0.4, 0.5) is 0 Å². The lowest BCUT2D eigenvalue weighted by Gasteiger charge is -2.03. The van der Waals surface area contributed by atoms with Crippen molar-refractivity contribution in [2.45, 2.75) is 6.54 Å². The number of fused-ring (bicyclic) bond motifs is 1. The van der Waals surface area contributed by atoms with Gasteiger partial charge in [0.05, 0.1) is 10.5 Å². The number of hydrogen-bond donors (Lipinski definition) is 0. The summed E-state index contributed by atoms with van der Waals surface area (Å²) in [6, 6.07) is 18.4. The Bertz CT molecular complexity index is 710. The van der Waals surface area contributed by atoms with E-state index in [0.29, 0.717) is 0 Å². The fourth-order valence-electron chi connectivity index (χ4n) is 2.23. The van der Waals surface area contributed by atoms with Gasteiger partial charge in [0.1, 0.15) is 0 Å². The molecule has 0 unspecified atom stereocenters. The standard InChI is InChI=1S/C17H14ClN/c18-16-10-4-9-15-11-13-19(17(15)16)12-5-8-14-6-2-1-3-7-14/h1-11,13H,12H2/b8-5+. The fourth-order valence-corrected chi connectivity index (χ4v) is 2.52. The summed E-state index contributed by atoms with van der Waals surface area (Å²) in [6.45, 7) is 0.822. The SMILES string of the molecule is Clc1cccc2ccn(C/C=C/c3ccccc3)c12. The van der Waals surface area contributed by atoms with Crippen LogP contribution in [0.3, 0.4) is 0 Å². The molecule has 19 heavy (non-hydrogen) atoms. The van der Waals surface area contributed by atoms with Gasteiger partial charge in [-0.3, -0.25) is 0 Å². The molecule has 3 aromatic rings. The second kappa shape index (κ2) is 5.33. The maximum absolute atomic E-state index is 6.25. The van der Waals surface area contributed by atoms with Crippen LogP contribution in [0.15, 0.2) is 66.9 Å². The van der Waals surface area contributed by atoms with Gasteiger partial charge in [0.25, 0.3) is 0 Å². The van der Waals surface area contributed by atoms with E-state index >= 15 is 0 Å². The van der Waals surface area contributed by atoms with Crippen LogP contribution in [0.2, 0.25) is 5.02 Å². The molecule has 0 N–H and O–H groups in total. The number of hydrogen-bond acceptors (Lipinski definition) is 0. The highest BCUT2D eigenvalue weighted by molar-refractivity contribution is 6.35. The van der Waals surface area contributed by atoms with Crippen molar-refractivity contribution >= 4 is 28.6 Å². The lowest BCUT2D eigenvalue weighted by molar-refractivity contribution is 0.867. The van der Waals surface area contributed by atoms with Crippen molar-refractivity contribution in [1.29, 1.82) is 0 Å². The molecule has 0 fully saturated rings. The molecule has 2 aromatic carbocycles. The van der Waals surface area contributed by atoms with Crippen LogP contribution in [0.5, 0.6) is 0 Å². The fraction of sp³-hybridized carbons (Fsp3) is 0.0588. The highest BCUT2D eigenvalue weighted by Gasteiger charge is 2.02. The number of allylic oxidation sites excluding steroid dienone is 1. The Morgan fingerprint density at radius 2 is 1.79 bits per heavy atom. The van der Waals surface area contributed by atoms with Gasteiger partial charge in [-0.2, -0.15) is 0 Å². The van der Waals surface area contributed by atoms with Gasteiger partial charge in [0.2, 0.25) is 0 Å². The molecule has 0 radical (unpaired) electrons. The monoisotopic (exact) mass is 267 g/mol. The van der Waals surface area contributed by atoms with E-state index in [2.05, 4.69) is 47.2 Å². The molecular formula is C17H14ClN. The zero-order valence-electron chi connectivity index (χ0n) is 10.5. The summed E-state index contributed by atoms with van der Waals surface area (Å²) in [7, 11) is 0. The van der Waals surface area contributed by atoms with E-state index in [1.165, 1.54) is 10.9 Å². The first-order valence-electron chi connectivity index (χ1n) is 6.29. The second-order valence-electron chi connectivity index (χ2n) is 4.46. The van der Waals surface area contributed by atoms with Gasteiger partial charge >= 0.3 is 0 Å². The summed E-state index contributed by atoms with van der Waals surface area (Å²) in [5.74, 6) is 0. The maximum Gasteiger partial charge on any atom is 0.0672 e. The van der Waals surface area contributed by atoms with Crippen molar-refractivity contribution in [1.82, 2.24) is 4.57 Å². The van der Waals surface area contributed by atoms with Crippen molar-refractivity contribution < 1.29 is 0 Å². The zero-order chi connectivity index (χ0) is 13.1. The van der Waals surface area contributed by atoms with Crippen molar-refractivity contribution in [3.63, 3.8) is 0 Å². The highest BCUT2D eigenvalue weighted by Crippen LogP contribution is 2.24. The summed E-state index contributed by atoms with van der Waals surface area (Å²) in [4.78, 5) is 0. The minimum Gasteiger partial charge on any atom is -0.342 e.